The van der Waals surface area contributed by atoms with E-state index < -0.39 is 0 Å². The number of anilines is 1. The number of hydrogen-bond acceptors (Lipinski definition) is 5. The van der Waals surface area contributed by atoms with Crippen molar-refractivity contribution in [3.8, 4) is 23.3 Å². The van der Waals surface area contributed by atoms with Crippen LogP contribution in [0.4, 0.5) is 10.5 Å². The minimum atomic E-state index is -0.295. The number of nitrogens with zero attached hydrogens (tertiary/aromatic N) is 1. The lowest BCUT2D eigenvalue weighted by molar-refractivity contribution is 0.252. The first-order valence-corrected chi connectivity index (χ1v) is 8.02. The summed E-state index contributed by atoms with van der Waals surface area (Å²) in [7, 11) is 3.18. The van der Waals surface area contributed by atoms with Gasteiger partial charge in [-0.05, 0) is 48.4 Å². The van der Waals surface area contributed by atoms with E-state index in [2.05, 4.69) is 10.6 Å². The number of urea groups is 1. The van der Waals surface area contributed by atoms with Crippen molar-refractivity contribution in [2.24, 2.45) is 0 Å². The van der Waals surface area contributed by atoms with E-state index in [0.717, 1.165) is 5.56 Å². The van der Waals surface area contributed by atoms with Crippen LogP contribution in [0, 0.1) is 11.3 Å². The van der Waals surface area contributed by atoms with Crippen molar-refractivity contribution in [2.45, 2.75) is 6.42 Å². The Morgan fingerprint density at radius 3 is 2.46 bits per heavy atom. The number of benzene rings is 2. The van der Waals surface area contributed by atoms with E-state index in [9.17, 15) is 4.79 Å². The molecule has 0 spiro atoms. The molecule has 0 heterocycles. The zero-order valence-electron chi connectivity index (χ0n) is 14.7. The van der Waals surface area contributed by atoms with Crippen LogP contribution in [0.3, 0.4) is 0 Å². The number of carbonyl (C=O) groups is 1. The lowest BCUT2D eigenvalue weighted by Gasteiger charge is -2.11. The first kappa shape index (κ1) is 18.9. The van der Waals surface area contributed by atoms with Gasteiger partial charge in [0.15, 0.2) is 18.1 Å². The van der Waals surface area contributed by atoms with Gasteiger partial charge in [-0.2, -0.15) is 5.26 Å². The van der Waals surface area contributed by atoms with Gasteiger partial charge in [-0.25, -0.2) is 4.79 Å². The number of amides is 2. The number of carbonyl (C=O) groups excluding carboxylic acids is 1. The van der Waals surface area contributed by atoms with Gasteiger partial charge in [0.2, 0.25) is 0 Å². The van der Waals surface area contributed by atoms with E-state index in [0.29, 0.717) is 35.9 Å². The molecule has 2 N–H and O–H groups in total. The summed E-state index contributed by atoms with van der Waals surface area (Å²) in [6.07, 6.45) is 0.661. The van der Waals surface area contributed by atoms with Gasteiger partial charge in [0.25, 0.3) is 0 Å². The molecule has 7 heteroatoms. The molecule has 2 rings (SSSR count). The fourth-order valence-corrected chi connectivity index (χ4v) is 2.28. The van der Waals surface area contributed by atoms with Gasteiger partial charge in [0, 0.05) is 12.2 Å². The Hall–Kier alpha value is -3.40. The van der Waals surface area contributed by atoms with Crippen LogP contribution in [0.1, 0.15) is 5.56 Å². The summed E-state index contributed by atoms with van der Waals surface area (Å²) < 4.78 is 15.6. The molecule has 2 aromatic carbocycles. The third-order valence-electron chi connectivity index (χ3n) is 3.56. The zero-order valence-corrected chi connectivity index (χ0v) is 14.7. The highest BCUT2D eigenvalue weighted by atomic mass is 16.5. The maximum atomic E-state index is 11.9. The first-order valence-electron chi connectivity index (χ1n) is 8.02. The van der Waals surface area contributed by atoms with E-state index in [1.807, 2.05) is 24.3 Å². The molecule has 0 radical (unpaired) electrons. The standard InChI is InChI=1S/C19H21N3O4/c1-24-17-8-3-14(13-18(17)25-2)9-11-21-19(23)22-15-4-6-16(7-5-15)26-12-10-20/h3-8,13H,9,11-12H2,1-2H3,(H2,21,22,23). The fraction of sp³-hybridized carbons (Fsp3) is 0.263. The Morgan fingerprint density at radius 1 is 1.08 bits per heavy atom. The fourth-order valence-electron chi connectivity index (χ4n) is 2.28. The molecule has 0 aliphatic carbocycles. The van der Waals surface area contributed by atoms with Crippen LogP contribution in [0.2, 0.25) is 0 Å². The van der Waals surface area contributed by atoms with Crippen LogP contribution in [-0.2, 0) is 6.42 Å². The molecule has 7 nitrogen and oxygen atoms in total. The Balaban J connectivity index is 1.79. The van der Waals surface area contributed by atoms with Gasteiger partial charge in [0.05, 0.1) is 14.2 Å². The Kier molecular flexibility index (Phi) is 7.13. The molecule has 0 aliphatic heterocycles. The molecule has 2 aromatic rings. The van der Waals surface area contributed by atoms with Gasteiger partial charge < -0.3 is 24.8 Å². The highest BCUT2D eigenvalue weighted by Crippen LogP contribution is 2.27. The van der Waals surface area contributed by atoms with Gasteiger partial charge in [-0.1, -0.05) is 6.07 Å². The summed E-state index contributed by atoms with van der Waals surface area (Å²) >= 11 is 0. The number of nitrogens with one attached hydrogen (secondary N) is 2. The first-order chi connectivity index (χ1) is 12.7. The number of rotatable bonds is 8. The highest BCUT2D eigenvalue weighted by molar-refractivity contribution is 5.89. The van der Waals surface area contributed by atoms with Crippen LogP contribution in [0.5, 0.6) is 17.2 Å². The molecule has 0 unspecified atom stereocenters. The maximum absolute atomic E-state index is 11.9. The van der Waals surface area contributed by atoms with Gasteiger partial charge >= 0.3 is 6.03 Å². The largest absolute Gasteiger partial charge is 0.493 e. The minimum absolute atomic E-state index is 0.0105. The van der Waals surface area contributed by atoms with Crippen molar-refractivity contribution in [1.82, 2.24) is 5.32 Å². The zero-order chi connectivity index (χ0) is 18.8. The molecule has 26 heavy (non-hydrogen) atoms. The molecule has 136 valence electrons. The van der Waals surface area contributed by atoms with Crippen LogP contribution < -0.4 is 24.8 Å². The molecule has 0 atom stereocenters. The molecular weight excluding hydrogens is 334 g/mol. The minimum Gasteiger partial charge on any atom is -0.493 e. The molecule has 0 aliphatic rings. The van der Waals surface area contributed by atoms with Gasteiger partial charge in [0.1, 0.15) is 11.8 Å². The number of hydrogen-bond donors (Lipinski definition) is 2. The lowest BCUT2D eigenvalue weighted by atomic mass is 10.1. The van der Waals surface area contributed by atoms with Crippen molar-refractivity contribution in [3.63, 3.8) is 0 Å². The summed E-state index contributed by atoms with van der Waals surface area (Å²) in [4.78, 5) is 11.9. The maximum Gasteiger partial charge on any atom is 0.319 e. The predicted molar refractivity (Wildman–Crippen MR) is 97.8 cm³/mol. The summed E-state index contributed by atoms with van der Waals surface area (Å²) in [6.45, 7) is 0.466. The van der Waals surface area contributed by atoms with E-state index in [4.69, 9.17) is 19.5 Å². The molecule has 0 saturated carbocycles. The van der Waals surface area contributed by atoms with Crippen molar-refractivity contribution >= 4 is 11.7 Å². The number of methoxy groups -OCH3 is 2. The van der Waals surface area contributed by atoms with Crippen molar-refractivity contribution in [1.29, 1.82) is 5.26 Å². The number of ether oxygens (including phenoxy) is 3. The third kappa shape index (κ3) is 5.60. The van der Waals surface area contributed by atoms with Gasteiger partial charge in [-0.15, -0.1) is 0 Å². The van der Waals surface area contributed by atoms with Crippen molar-refractivity contribution in [2.75, 3.05) is 32.7 Å². The smallest absolute Gasteiger partial charge is 0.319 e. The predicted octanol–water partition coefficient (Wildman–Crippen LogP) is 2.97. The van der Waals surface area contributed by atoms with Crippen molar-refractivity contribution < 1.29 is 19.0 Å². The Morgan fingerprint density at radius 2 is 1.81 bits per heavy atom. The van der Waals surface area contributed by atoms with E-state index in [-0.39, 0.29) is 12.6 Å². The van der Waals surface area contributed by atoms with E-state index in [1.165, 1.54) is 0 Å². The van der Waals surface area contributed by atoms with E-state index >= 15 is 0 Å². The van der Waals surface area contributed by atoms with E-state index in [1.54, 1.807) is 38.5 Å². The average Bonchev–Trinajstić information content (AvgIpc) is 2.67. The summed E-state index contributed by atoms with van der Waals surface area (Å²) in [5.41, 5.74) is 1.67. The molecule has 0 aromatic heterocycles. The second-order valence-electron chi connectivity index (χ2n) is 5.29. The van der Waals surface area contributed by atoms with Crippen LogP contribution >= 0.6 is 0 Å². The topological polar surface area (TPSA) is 92.6 Å². The molecule has 0 bridgehead atoms. The quantitative estimate of drug-likeness (QED) is 0.759. The number of nitriles is 1. The lowest BCUT2D eigenvalue weighted by Crippen LogP contribution is -2.30. The summed E-state index contributed by atoms with van der Waals surface area (Å²) in [5.74, 6) is 1.91. The normalized spacial score (nSPS) is 9.73. The Labute approximate surface area is 152 Å². The average molecular weight is 355 g/mol. The molecule has 0 fully saturated rings. The molecular formula is C19H21N3O4. The monoisotopic (exact) mass is 355 g/mol. The highest BCUT2D eigenvalue weighted by Gasteiger charge is 2.06. The second kappa shape index (κ2) is 9.79. The van der Waals surface area contributed by atoms with Gasteiger partial charge in [-0.3, -0.25) is 0 Å². The van der Waals surface area contributed by atoms with Crippen LogP contribution in [0.15, 0.2) is 42.5 Å². The third-order valence-corrected chi connectivity index (χ3v) is 3.56. The van der Waals surface area contributed by atoms with Crippen LogP contribution in [-0.4, -0.2) is 33.4 Å². The van der Waals surface area contributed by atoms with Crippen LogP contribution in [0.25, 0.3) is 0 Å². The second-order valence-corrected chi connectivity index (χ2v) is 5.29. The molecule has 0 saturated heterocycles. The summed E-state index contributed by atoms with van der Waals surface area (Å²) in [5, 5.41) is 14.0. The SMILES string of the molecule is COc1ccc(CCNC(=O)Nc2ccc(OCC#N)cc2)cc1OC. The Bertz CT molecular complexity index is 769. The molecule has 2 amide bonds. The van der Waals surface area contributed by atoms with Crippen molar-refractivity contribution in [3.05, 3.63) is 48.0 Å². The summed E-state index contributed by atoms with van der Waals surface area (Å²) in [6, 6.07) is 14.1.